The summed E-state index contributed by atoms with van der Waals surface area (Å²) in [5.41, 5.74) is 1.22. The molecule has 1 heterocycles. The van der Waals surface area contributed by atoms with Crippen LogP contribution in [0.4, 0.5) is 5.69 Å². The first kappa shape index (κ1) is 13.2. The Morgan fingerprint density at radius 1 is 1.42 bits per heavy atom. The topological polar surface area (TPSA) is 94.1 Å². The highest BCUT2D eigenvalue weighted by Gasteiger charge is 2.20. The molecular formula is C12H14N4O3. The minimum absolute atomic E-state index is 0.0329. The highest BCUT2D eigenvalue weighted by molar-refractivity contribution is 5.67. The zero-order valence-corrected chi connectivity index (χ0v) is 10.7. The van der Waals surface area contributed by atoms with Crippen LogP contribution in [0.1, 0.15) is 11.5 Å². The third-order valence-electron chi connectivity index (χ3n) is 2.63. The van der Waals surface area contributed by atoms with Crippen molar-refractivity contribution in [2.75, 3.05) is 13.6 Å². The molecule has 2 rings (SSSR count). The molecule has 0 amide bonds. The summed E-state index contributed by atoms with van der Waals surface area (Å²) < 4.78 is 5.45. The summed E-state index contributed by atoms with van der Waals surface area (Å²) in [4.78, 5) is 10.5. The molecule has 19 heavy (non-hydrogen) atoms. The van der Waals surface area contributed by atoms with E-state index in [4.69, 9.17) is 4.42 Å². The third-order valence-corrected chi connectivity index (χ3v) is 2.63. The number of aryl methyl sites for hydroxylation is 1. The van der Waals surface area contributed by atoms with Gasteiger partial charge in [0.2, 0.25) is 5.89 Å². The standard InChI is InChI=1S/C12H14N4O3/c1-8-3-4-10(16(17)18)9(7-8)12-15-14-11(19-12)5-6-13-2/h3-4,7,13H,5-6H2,1-2H3. The fourth-order valence-corrected chi connectivity index (χ4v) is 1.68. The SMILES string of the molecule is CNCCc1nnc(-c2cc(C)ccc2[N+](=O)[O-])o1. The summed E-state index contributed by atoms with van der Waals surface area (Å²) in [5, 5.41) is 21.7. The molecule has 7 heteroatoms. The van der Waals surface area contributed by atoms with Crippen LogP contribution in [0.25, 0.3) is 11.5 Å². The Bertz CT molecular complexity index is 594. The van der Waals surface area contributed by atoms with Crippen molar-refractivity contribution in [3.63, 3.8) is 0 Å². The van der Waals surface area contributed by atoms with E-state index in [-0.39, 0.29) is 11.6 Å². The number of nitro benzene ring substituents is 1. The molecule has 0 aliphatic rings. The number of aromatic nitrogens is 2. The van der Waals surface area contributed by atoms with Gasteiger partial charge in [-0.2, -0.15) is 0 Å². The molecule has 1 N–H and O–H groups in total. The van der Waals surface area contributed by atoms with Crippen LogP contribution in [-0.4, -0.2) is 28.7 Å². The molecular weight excluding hydrogens is 248 g/mol. The van der Waals surface area contributed by atoms with Crippen LogP contribution in [0, 0.1) is 17.0 Å². The first-order valence-corrected chi connectivity index (χ1v) is 5.84. The summed E-state index contributed by atoms with van der Waals surface area (Å²) in [5.74, 6) is 0.640. The lowest BCUT2D eigenvalue weighted by Crippen LogP contribution is -2.10. The van der Waals surface area contributed by atoms with E-state index in [0.717, 1.165) is 5.56 Å². The van der Waals surface area contributed by atoms with Gasteiger partial charge in [0.15, 0.2) is 0 Å². The minimum Gasteiger partial charge on any atom is -0.420 e. The Hall–Kier alpha value is -2.28. The zero-order chi connectivity index (χ0) is 13.8. The van der Waals surface area contributed by atoms with Crippen molar-refractivity contribution in [1.29, 1.82) is 0 Å². The number of benzene rings is 1. The molecule has 0 atom stereocenters. The van der Waals surface area contributed by atoms with Crippen molar-refractivity contribution in [2.45, 2.75) is 13.3 Å². The van der Waals surface area contributed by atoms with Crippen LogP contribution in [-0.2, 0) is 6.42 Å². The molecule has 1 aromatic carbocycles. The van der Waals surface area contributed by atoms with Gasteiger partial charge in [0.25, 0.3) is 11.6 Å². The number of likely N-dealkylation sites (N-methyl/N-ethyl adjacent to an activating group) is 1. The molecule has 0 unspecified atom stereocenters. The molecule has 7 nitrogen and oxygen atoms in total. The maximum Gasteiger partial charge on any atom is 0.282 e. The van der Waals surface area contributed by atoms with Crippen LogP contribution < -0.4 is 5.32 Å². The molecule has 0 spiro atoms. The van der Waals surface area contributed by atoms with Gasteiger partial charge in [-0.15, -0.1) is 10.2 Å². The Morgan fingerprint density at radius 2 is 2.21 bits per heavy atom. The summed E-state index contributed by atoms with van der Waals surface area (Å²) in [6, 6.07) is 4.80. The normalized spacial score (nSPS) is 10.6. The Balaban J connectivity index is 2.37. The first-order chi connectivity index (χ1) is 9.11. The Kier molecular flexibility index (Phi) is 3.86. The van der Waals surface area contributed by atoms with Gasteiger partial charge in [-0.3, -0.25) is 10.1 Å². The fraction of sp³-hybridized carbons (Fsp3) is 0.333. The molecule has 2 aromatic rings. The maximum atomic E-state index is 11.0. The second-order valence-electron chi connectivity index (χ2n) is 4.13. The lowest BCUT2D eigenvalue weighted by molar-refractivity contribution is -0.384. The summed E-state index contributed by atoms with van der Waals surface area (Å²) in [6.07, 6.45) is 0.586. The number of hydrogen-bond acceptors (Lipinski definition) is 6. The van der Waals surface area contributed by atoms with Gasteiger partial charge in [0.05, 0.1) is 4.92 Å². The molecule has 0 saturated heterocycles. The molecule has 0 saturated carbocycles. The van der Waals surface area contributed by atoms with Crippen molar-refractivity contribution >= 4 is 5.69 Å². The quantitative estimate of drug-likeness (QED) is 0.651. The second kappa shape index (κ2) is 5.57. The lowest BCUT2D eigenvalue weighted by Gasteiger charge is -1.99. The van der Waals surface area contributed by atoms with Crippen molar-refractivity contribution in [2.24, 2.45) is 0 Å². The van der Waals surface area contributed by atoms with E-state index in [1.807, 2.05) is 14.0 Å². The minimum atomic E-state index is -0.452. The highest BCUT2D eigenvalue weighted by Crippen LogP contribution is 2.29. The van der Waals surface area contributed by atoms with Crippen LogP contribution in [0.2, 0.25) is 0 Å². The first-order valence-electron chi connectivity index (χ1n) is 5.84. The van der Waals surface area contributed by atoms with Crippen LogP contribution in [0.3, 0.4) is 0 Å². The molecule has 0 bridgehead atoms. The van der Waals surface area contributed by atoms with Crippen molar-refractivity contribution in [3.8, 4) is 11.5 Å². The van der Waals surface area contributed by atoms with E-state index < -0.39 is 4.92 Å². The van der Waals surface area contributed by atoms with Crippen molar-refractivity contribution in [1.82, 2.24) is 15.5 Å². The fourth-order valence-electron chi connectivity index (χ4n) is 1.68. The predicted octanol–water partition coefficient (Wildman–Crippen LogP) is 1.72. The lowest BCUT2D eigenvalue weighted by atomic mass is 10.1. The van der Waals surface area contributed by atoms with E-state index in [9.17, 15) is 10.1 Å². The number of nitrogens with zero attached hydrogens (tertiary/aromatic N) is 3. The van der Waals surface area contributed by atoms with Crippen LogP contribution in [0.15, 0.2) is 22.6 Å². The maximum absolute atomic E-state index is 11.0. The van der Waals surface area contributed by atoms with Crippen molar-refractivity contribution < 1.29 is 9.34 Å². The average Bonchev–Trinajstić information content (AvgIpc) is 2.84. The second-order valence-corrected chi connectivity index (χ2v) is 4.13. The molecule has 0 fully saturated rings. The summed E-state index contributed by atoms with van der Waals surface area (Å²) in [6.45, 7) is 2.56. The van der Waals surface area contributed by atoms with Crippen LogP contribution in [0.5, 0.6) is 0 Å². The van der Waals surface area contributed by atoms with E-state index >= 15 is 0 Å². The highest BCUT2D eigenvalue weighted by atomic mass is 16.6. The zero-order valence-electron chi connectivity index (χ0n) is 10.7. The Morgan fingerprint density at radius 3 is 2.89 bits per heavy atom. The van der Waals surface area contributed by atoms with E-state index in [1.54, 1.807) is 12.1 Å². The summed E-state index contributed by atoms with van der Waals surface area (Å²) >= 11 is 0. The number of nitro groups is 1. The summed E-state index contributed by atoms with van der Waals surface area (Å²) in [7, 11) is 1.82. The van der Waals surface area contributed by atoms with Gasteiger partial charge in [-0.05, 0) is 25.6 Å². The predicted molar refractivity (Wildman–Crippen MR) is 68.8 cm³/mol. The van der Waals surface area contributed by atoms with E-state index in [2.05, 4.69) is 15.5 Å². The molecule has 0 aliphatic heterocycles. The molecule has 0 aliphatic carbocycles. The van der Waals surface area contributed by atoms with Gasteiger partial charge in [-0.25, -0.2) is 0 Å². The number of hydrogen-bond donors (Lipinski definition) is 1. The molecule has 100 valence electrons. The van der Waals surface area contributed by atoms with Gasteiger partial charge in [-0.1, -0.05) is 6.07 Å². The van der Waals surface area contributed by atoms with Crippen molar-refractivity contribution in [3.05, 3.63) is 39.8 Å². The number of nitrogens with one attached hydrogen (secondary N) is 1. The monoisotopic (exact) mass is 262 g/mol. The van der Waals surface area contributed by atoms with E-state index in [0.29, 0.717) is 24.4 Å². The van der Waals surface area contributed by atoms with Gasteiger partial charge >= 0.3 is 0 Å². The van der Waals surface area contributed by atoms with Crippen LogP contribution >= 0.6 is 0 Å². The van der Waals surface area contributed by atoms with Gasteiger partial charge in [0.1, 0.15) is 5.56 Å². The van der Waals surface area contributed by atoms with Gasteiger partial charge < -0.3 is 9.73 Å². The van der Waals surface area contributed by atoms with E-state index in [1.165, 1.54) is 6.07 Å². The molecule has 1 aromatic heterocycles. The molecule has 0 radical (unpaired) electrons. The number of rotatable bonds is 5. The van der Waals surface area contributed by atoms with Gasteiger partial charge in [0, 0.05) is 19.0 Å². The average molecular weight is 262 g/mol. The smallest absolute Gasteiger partial charge is 0.282 e. The largest absolute Gasteiger partial charge is 0.420 e. The Labute approximate surface area is 109 Å². The third kappa shape index (κ3) is 2.94.